The van der Waals surface area contributed by atoms with Gasteiger partial charge in [-0.15, -0.1) is 0 Å². The smallest absolute Gasteiger partial charge is 0.405 e. The molecule has 1 aromatic rings. The summed E-state index contributed by atoms with van der Waals surface area (Å²) in [5.74, 6) is 0. The van der Waals surface area contributed by atoms with Gasteiger partial charge in [-0.05, 0) is 28.4 Å². The number of hydrogen-bond donors (Lipinski definition) is 3. The number of nitrogens with zero attached hydrogens (tertiary/aromatic N) is 2. The number of hydrogen-bond acceptors (Lipinski definition) is 5. The maximum atomic E-state index is 10.8. The van der Waals surface area contributed by atoms with Crippen LogP contribution in [0.2, 0.25) is 0 Å². The van der Waals surface area contributed by atoms with Crippen molar-refractivity contribution in [3.05, 3.63) is 22.4 Å². The molecule has 0 radical (unpaired) electrons. The van der Waals surface area contributed by atoms with Crippen LogP contribution in [-0.4, -0.2) is 41.5 Å². The van der Waals surface area contributed by atoms with Crippen molar-refractivity contribution in [2.45, 2.75) is 18.5 Å². The SMILES string of the molecule is N#Cc1ncc(N[C@@H]2CCOC[C@@H]2NC(=O)O)cc1Br. The third-order valence-electron chi connectivity index (χ3n) is 2.96. The lowest BCUT2D eigenvalue weighted by Gasteiger charge is -2.32. The van der Waals surface area contributed by atoms with Gasteiger partial charge in [0.05, 0.1) is 35.0 Å². The van der Waals surface area contributed by atoms with E-state index >= 15 is 0 Å². The molecule has 20 heavy (non-hydrogen) atoms. The van der Waals surface area contributed by atoms with Crippen LogP contribution in [0.25, 0.3) is 0 Å². The van der Waals surface area contributed by atoms with Crippen molar-refractivity contribution in [3.63, 3.8) is 0 Å². The van der Waals surface area contributed by atoms with E-state index < -0.39 is 6.09 Å². The Labute approximate surface area is 124 Å². The molecular formula is C12H13BrN4O3. The fourth-order valence-corrected chi connectivity index (χ4v) is 2.46. The highest BCUT2D eigenvalue weighted by atomic mass is 79.9. The lowest BCUT2D eigenvalue weighted by molar-refractivity contribution is 0.0626. The third kappa shape index (κ3) is 3.59. The van der Waals surface area contributed by atoms with Crippen molar-refractivity contribution in [1.82, 2.24) is 10.3 Å². The highest BCUT2D eigenvalue weighted by molar-refractivity contribution is 9.10. The molecule has 2 heterocycles. The summed E-state index contributed by atoms with van der Waals surface area (Å²) in [4.78, 5) is 14.8. The minimum Gasteiger partial charge on any atom is -0.465 e. The summed E-state index contributed by atoms with van der Waals surface area (Å²) in [6.45, 7) is 0.898. The molecule has 1 aromatic heterocycles. The second-order valence-electron chi connectivity index (χ2n) is 4.34. The number of nitrogens with one attached hydrogen (secondary N) is 2. The second-order valence-corrected chi connectivity index (χ2v) is 5.19. The number of anilines is 1. The maximum absolute atomic E-state index is 10.8. The van der Waals surface area contributed by atoms with Crippen LogP contribution in [0.15, 0.2) is 16.7 Å². The minimum absolute atomic E-state index is 0.0820. The molecule has 0 saturated carbocycles. The number of pyridine rings is 1. The van der Waals surface area contributed by atoms with E-state index in [9.17, 15) is 4.79 Å². The van der Waals surface area contributed by atoms with Gasteiger partial charge >= 0.3 is 6.09 Å². The van der Waals surface area contributed by atoms with Gasteiger partial charge in [-0.2, -0.15) is 5.26 Å². The van der Waals surface area contributed by atoms with Crippen LogP contribution in [0.5, 0.6) is 0 Å². The van der Waals surface area contributed by atoms with Crippen LogP contribution in [0, 0.1) is 11.3 Å². The van der Waals surface area contributed by atoms with Gasteiger partial charge in [0, 0.05) is 6.61 Å². The number of aromatic nitrogens is 1. The summed E-state index contributed by atoms with van der Waals surface area (Å²) >= 11 is 3.27. The molecule has 7 nitrogen and oxygen atoms in total. The van der Waals surface area contributed by atoms with Crippen LogP contribution in [0.3, 0.4) is 0 Å². The van der Waals surface area contributed by atoms with Gasteiger partial charge in [0.2, 0.25) is 0 Å². The minimum atomic E-state index is -1.08. The number of ether oxygens (including phenoxy) is 1. The average molecular weight is 341 g/mol. The monoisotopic (exact) mass is 340 g/mol. The molecule has 106 valence electrons. The number of carbonyl (C=O) groups is 1. The molecule has 1 saturated heterocycles. The van der Waals surface area contributed by atoms with Gasteiger partial charge in [-0.1, -0.05) is 0 Å². The number of nitriles is 1. The van der Waals surface area contributed by atoms with Gasteiger partial charge in [0.25, 0.3) is 0 Å². The van der Waals surface area contributed by atoms with E-state index in [1.165, 1.54) is 0 Å². The molecule has 1 aliphatic heterocycles. The third-order valence-corrected chi connectivity index (χ3v) is 3.57. The zero-order valence-electron chi connectivity index (χ0n) is 10.5. The van der Waals surface area contributed by atoms with Gasteiger partial charge in [-0.3, -0.25) is 0 Å². The fourth-order valence-electron chi connectivity index (χ4n) is 2.02. The first kappa shape index (κ1) is 14.6. The molecule has 0 bridgehead atoms. The first-order valence-electron chi connectivity index (χ1n) is 5.99. The predicted molar refractivity (Wildman–Crippen MR) is 74.4 cm³/mol. The molecule has 0 aliphatic carbocycles. The molecule has 1 aliphatic rings. The number of halogens is 1. The Kier molecular flexibility index (Phi) is 4.76. The van der Waals surface area contributed by atoms with E-state index in [2.05, 4.69) is 31.5 Å². The Morgan fingerprint density at radius 3 is 3.05 bits per heavy atom. The van der Waals surface area contributed by atoms with E-state index in [1.807, 2.05) is 6.07 Å². The second kappa shape index (κ2) is 6.54. The van der Waals surface area contributed by atoms with Gasteiger partial charge in [0.15, 0.2) is 5.69 Å². The van der Waals surface area contributed by atoms with Crippen LogP contribution >= 0.6 is 15.9 Å². The highest BCUT2D eigenvalue weighted by Gasteiger charge is 2.27. The Bertz CT molecular complexity index is 546. The van der Waals surface area contributed by atoms with E-state index in [0.717, 1.165) is 5.69 Å². The Morgan fingerprint density at radius 2 is 2.40 bits per heavy atom. The molecular weight excluding hydrogens is 328 g/mol. The lowest BCUT2D eigenvalue weighted by atomic mass is 10.0. The van der Waals surface area contributed by atoms with Gasteiger partial charge < -0.3 is 20.5 Å². The summed E-state index contributed by atoms with van der Waals surface area (Å²) in [6.07, 6.45) is 1.16. The molecule has 3 N–H and O–H groups in total. The number of carboxylic acid groups (broad SMARTS) is 1. The maximum Gasteiger partial charge on any atom is 0.405 e. The normalized spacial score (nSPS) is 21.8. The Morgan fingerprint density at radius 1 is 1.60 bits per heavy atom. The summed E-state index contributed by atoms with van der Waals surface area (Å²) in [6, 6.07) is 3.31. The van der Waals surface area contributed by atoms with E-state index in [-0.39, 0.29) is 12.1 Å². The van der Waals surface area contributed by atoms with Crippen LogP contribution in [0.4, 0.5) is 10.5 Å². The molecule has 1 fully saturated rings. The van der Waals surface area contributed by atoms with Crippen molar-refractivity contribution in [2.75, 3.05) is 18.5 Å². The van der Waals surface area contributed by atoms with Crippen LogP contribution in [-0.2, 0) is 4.74 Å². The first-order chi connectivity index (χ1) is 9.60. The molecule has 1 amide bonds. The highest BCUT2D eigenvalue weighted by Crippen LogP contribution is 2.21. The van der Waals surface area contributed by atoms with Gasteiger partial charge in [0.1, 0.15) is 6.07 Å². The molecule has 0 aromatic carbocycles. The van der Waals surface area contributed by atoms with Crippen molar-refractivity contribution in [3.8, 4) is 6.07 Å². The quantitative estimate of drug-likeness (QED) is 0.770. The zero-order chi connectivity index (χ0) is 14.5. The summed E-state index contributed by atoms with van der Waals surface area (Å²) in [5.41, 5.74) is 1.03. The molecule has 2 atom stereocenters. The van der Waals surface area contributed by atoms with Crippen molar-refractivity contribution in [1.29, 1.82) is 5.26 Å². The van der Waals surface area contributed by atoms with Gasteiger partial charge in [-0.25, -0.2) is 9.78 Å². The Balaban J connectivity index is 2.08. The van der Waals surface area contributed by atoms with Crippen LogP contribution < -0.4 is 10.6 Å². The van der Waals surface area contributed by atoms with E-state index in [4.69, 9.17) is 15.1 Å². The van der Waals surface area contributed by atoms with Crippen molar-refractivity contribution in [2.24, 2.45) is 0 Å². The topological polar surface area (TPSA) is 107 Å². The zero-order valence-corrected chi connectivity index (χ0v) is 12.1. The van der Waals surface area contributed by atoms with Crippen molar-refractivity contribution < 1.29 is 14.6 Å². The summed E-state index contributed by atoms with van der Waals surface area (Å²) < 4.78 is 5.87. The number of rotatable bonds is 3. The van der Waals surface area contributed by atoms with Crippen molar-refractivity contribution >= 4 is 27.7 Å². The average Bonchev–Trinajstić information content (AvgIpc) is 2.41. The molecule has 8 heteroatoms. The summed E-state index contributed by atoms with van der Waals surface area (Å²) in [5, 5.41) is 23.3. The fraction of sp³-hybridized carbons (Fsp3) is 0.417. The number of amides is 1. The standard InChI is InChI=1S/C12H13BrN4O3/c13-8-3-7(5-15-10(8)4-14)16-9-1-2-20-6-11(9)17-12(18)19/h3,5,9,11,16-17H,1-2,6H2,(H,18,19)/t9-,11+/m1/s1. The van der Waals surface area contributed by atoms with Crippen LogP contribution in [0.1, 0.15) is 12.1 Å². The Hall–Kier alpha value is -1.85. The summed E-state index contributed by atoms with van der Waals surface area (Å²) in [7, 11) is 0. The van der Waals surface area contributed by atoms with E-state index in [0.29, 0.717) is 29.8 Å². The lowest BCUT2D eigenvalue weighted by Crippen LogP contribution is -2.52. The first-order valence-corrected chi connectivity index (χ1v) is 6.79. The largest absolute Gasteiger partial charge is 0.465 e. The predicted octanol–water partition coefficient (Wildman–Crippen LogP) is 1.55. The molecule has 0 spiro atoms. The molecule has 2 rings (SSSR count). The molecule has 0 unspecified atom stereocenters. The van der Waals surface area contributed by atoms with E-state index in [1.54, 1.807) is 12.3 Å².